The molecule has 0 fully saturated rings. The number of rotatable bonds is 5. The lowest BCUT2D eigenvalue weighted by Gasteiger charge is -2.42. The molecule has 36 heavy (non-hydrogen) atoms. The standard InChI is InChI=1S/C28H22N5O2Si/c1-28(36)18-32-25(24(17-30-32)26(34)31-22-9-5-8-21(15-22)16-29)27(35)33(28)23-12-10-20(11-13-23)14-19-6-3-2-4-7-19/h2-13,15,17H,14,18H2,1H3,(H,31,34)/t28-/m0/s1. The molecule has 0 saturated heterocycles. The van der Waals surface area contributed by atoms with E-state index in [0.717, 1.165) is 17.7 Å². The SMILES string of the molecule is C[C@]1([Si])Cn2ncc(C(=O)Nc3cccc(C#N)c3)c2C(=O)N1c1ccc(Cc2ccccc2)cc1. The monoisotopic (exact) mass is 488 g/mol. The van der Waals surface area contributed by atoms with Crippen molar-refractivity contribution < 1.29 is 9.59 Å². The average Bonchev–Trinajstić information content (AvgIpc) is 3.29. The molecule has 7 nitrogen and oxygen atoms in total. The minimum absolute atomic E-state index is 0.176. The molecule has 2 amide bonds. The second-order valence-electron chi connectivity index (χ2n) is 8.95. The first-order valence-electron chi connectivity index (χ1n) is 11.5. The number of carbonyl (C=O) groups excluding carboxylic acids is 2. The molecule has 3 aromatic carbocycles. The Kier molecular flexibility index (Phi) is 6.00. The van der Waals surface area contributed by atoms with E-state index < -0.39 is 11.1 Å². The van der Waals surface area contributed by atoms with Gasteiger partial charge in [0.2, 0.25) is 0 Å². The molecule has 1 aromatic heterocycles. The minimum Gasteiger partial charge on any atom is -0.322 e. The molecule has 4 aromatic rings. The van der Waals surface area contributed by atoms with Gasteiger partial charge in [-0.3, -0.25) is 14.3 Å². The summed E-state index contributed by atoms with van der Waals surface area (Å²) < 4.78 is 1.55. The number of anilines is 2. The zero-order valence-corrected chi connectivity index (χ0v) is 20.6. The highest BCUT2D eigenvalue weighted by Crippen LogP contribution is 2.32. The van der Waals surface area contributed by atoms with Gasteiger partial charge in [0, 0.05) is 16.5 Å². The Morgan fingerprint density at radius 2 is 1.81 bits per heavy atom. The maximum Gasteiger partial charge on any atom is 0.277 e. The van der Waals surface area contributed by atoms with E-state index in [0.29, 0.717) is 17.8 Å². The van der Waals surface area contributed by atoms with Gasteiger partial charge in [0.1, 0.15) is 5.69 Å². The van der Waals surface area contributed by atoms with Gasteiger partial charge in [-0.1, -0.05) is 48.5 Å². The number of nitrogens with zero attached hydrogens (tertiary/aromatic N) is 4. The smallest absolute Gasteiger partial charge is 0.277 e. The molecule has 175 valence electrons. The van der Waals surface area contributed by atoms with Crippen LogP contribution in [-0.4, -0.2) is 37.0 Å². The van der Waals surface area contributed by atoms with E-state index in [9.17, 15) is 9.59 Å². The number of carbonyl (C=O) groups is 2. The molecular weight excluding hydrogens is 466 g/mol. The average molecular weight is 489 g/mol. The van der Waals surface area contributed by atoms with Gasteiger partial charge in [0.15, 0.2) is 0 Å². The van der Waals surface area contributed by atoms with Crippen LogP contribution in [0.15, 0.2) is 85.1 Å². The van der Waals surface area contributed by atoms with E-state index in [-0.39, 0.29) is 17.2 Å². The van der Waals surface area contributed by atoms with E-state index in [4.69, 9.17) is 5.26 Å². The lowest BCUT2D eigenvalue weighted by molar-refractivity contribution is 0.0924. The summed E-state index contributed by atoms with van der Waals surface area (Å²) in [7, 11) is 3.77. The minimum atomic E-state index is -0.744. The third-order valence-corrected chi connectivity index (χ3v) is 6.52. The normalized spacial score (nSPS) is 16.8. The molecule has 1 atom stereocenters. The van der Waals surface area contributed by atoms with E-state index in [1.807, 2.05) is 55.5 Å². The Morgan fingerprint density at radius 3 is 2.53 bits per heavy atom. The van der Waals surface area contributed by atoms with Crippen LogP contribution in [-0.2, 0) is 13.0 Å². The van der Waals surface area contributed by atoms with Crippen LogP contribution in [0.4, 0.5) is 11.4 Å². The van der Waals surface area contributed by atoms with Gasteiger partial charge in [-0.05, 0) is 54.8 Å². The molecule has 0 saturated carbocycles. The molecule has 1 N–H and O–H groups in total. The van der Waals surface area contributed by atoms with Crippen molar-refractivity contribution in [3.8, 4) is 6.07 Å². The maximum atomic E-state index is 13.8. The molecule has 3 radical (unpaired) electrons. The second kappa shape index (κ2) is 9.28. The van der Waals surface area contributed by atoms with Crippen LogP contribution in [0.2, 0.25) is 0 Å². The summed E-state index contributed by atoms with van der Waals surface area (Å²) >= 11 is 0. The summed E-state index contributed by atoms with van der Waals surface area (Å²) in [6, 6.07) is 26.7. The van der Waals surface area contributed by atoms with Crippen molar-refractivity contribution >= 4 is 33.4 Å². The fourth-order valence-corrected chi connectivity index (χ4v) is 4.83. The van der Waals surface area contributed by atoms with Crippen molar-refractivity contribution in [3.63, 3.8) is 0 Å². The van der Waals surface area contributed by atoms with E-state index in [2.05, 4.69) is 32.8 Å². The number of hydrogen-bond acceptors (Lipinski definition) is 4. The number of aromatic nitrogens is 2. The maximum absolute atomic E-state index is 13.8. The van der Waals surface area contributed by atoms with E-state index in [1.54, 1.807) is 33.8 Å². The van der Waals surface area contributed by atoms with Gasteiger partial charge in [0.25, 0.3) is 11.8 Å². The summed E-state index contributed by atoms with van der Waals surface area (Å²) in [5.41, 5.74) is 4.35. The van der Waals surface area contributed by atoms with Crippen LogP contribution in [0.3, 0.4) is 0 Å². The zero-order valence-electron chi connectivity index (χ0n) is 19.6. The molecule has 0 spiro atoms. The van der Waals surface area contributed by atoms with Crippen molar-refractivity contribution in [1.29, 1.82) is 5.26 Å². The van der Waals surface area contributed by atoms with Crippen LogP contribution in [0.5, 0.6) is 0 Å². The van der Waals surface area contributed by atoms with Crippen LogP contribution >= 0.6 is 0 Å². The number of fused-ring (bicyclic) bond motifs is 1. The largest absolute Gasteiger partial charge is 0.322 e. The lowest BCUT2D eigenvalue weighted by atomic mass is 10.0. The summed E-state index contributed by atoms with van der Waals surface area (Å²) in [4.78, 5) is 28.5. The van der Waals surface area contributed by atoms with Crippen molar-refractivity contribution in [1.82, 2.24) is 9.78 Å². The van der Waals surface area contributed by atoms with Crippen molar-refractivity contribution in [2.75, 3.05) is 10.2 Å². The van der Waals surface area contributed by atoms with Crippen molar-refractivity contribution in [3.05, 3.63) is 113 Å². The Hall–Kier alpha value is -4.48. The zero-order chi connectivity index (χ0) is 25.3. The molecule has 0 aliphatic carbocycles. The summed E-state index contributed by atoms with van der Waals surface area (Å²) in [5.74, 6) is -0.793. The van der Waals surface area contributed by atoms with Crippen molar-refractivity contribution in [2.24, 2.45) is 0 Å². The van der Waals surface area contributed by atoms with Gasteiger partial charge >= 0.3 is 0 Å². The van der Waals surface area contributed by atoms with Crippen LogP contribution in [0.1, 0.15) is 44.5 Å². The van der Waals surface area contributed by atoms with Gasteiger partial charge < -0.3 is 10.2 Å². The number of nitrogens with one attached hydrogen (secondary N) is 1. The Morgan fingerprint density at radius 1 is 1.08 bits per heavy atom. The van der Waals surface area contributed by atoms with Gasteiger partial charge in [-0.2, -0.15) is 10.4 Å². The summed E-state index contributed by atoms with van der Waals surface area (Å²) in [5, 5.41) is 15.5. The van der Waals surface area contributed by atoms with Crippen LogP contribution in [0, 0.1) is 11.3 Å². The summed E-state index contributed by atoms with van der Waals surface area (Å²) in [6.07, 6.45) is 2.20. The molecular formula is C28H22N5O2Si. The quantitative estimate of drug-likeness (QED) is 0.428. The molecule has 1 aliphatic rings. The predicted octanol–water partition coefficient (Wildman–Crippen LogP) is 4.14. The van der Waals surface area contributed by atoms with Crippen LogP contribution < -0.4 is 10.2 Å². The highest BCUT2D eigenvalue weighted by molar-refractivity contribution is 6.25. The first-order chi connectivity index (χ1) is 17.4. The first-order valence-corrected chi connectivity index (χ1v) is 12.0. The first kappa shape index (κ1) is 23.3. The van der Waals surface area contributed by atoms with Crippen LogP contribution in [0.25, 0.3) is 0 Å². The highest BCUT2D eigenvalue weighted by atomic mass is 28.1. The van der Waals surface area contributed by atoms with Gasteiger partial charge in [-0.15, -0.1) is 0 Å². The number of nitriles is 1. The third-order valence-electron chi connectivity index (χ3n) is 6.14. The molecule has 1 aliphatic heterocycles. The topological polar surface area (TPSA) is 91.0 Å². The predicted molar refractivity (Wildman–Crippen MR) is 138 cm³/mol. The molecule has 0 bridgehead atoms. The van der Waals surface area contributed by atoms with Gasteiger partial charge in [0.05, 0.1) is 40.2 Å². The van der Waals surface area contributed by atoms with Gasteiger partial charge in [-0.25, -0.2) is 0 Å². The fourth-order valence-electron chi connectivity index (χ4n) is 4.45. The Labute approximate surface area is 212 Å². The molecule has 5 rings (SSSR count). The molecule has 0 unspecified atom stereocenters. The fraction of sp³-hybridized carbons (Fsp3) is 0.143. The highest BCUT2D eigenvalue weighted by Gasteiger charge is 2.42. The summed E-state index contributed by atoms with van der Waals surface area (Å²) in [6.45, 7) is 2.26. The van der Waals surface area contributed by atoms with Crippen molar-refractivity contribution in [2.45, 2.75) is 25.1 Å². The van der Waals surface area contributed by atoms with E-state index >= 15 is 0 Å². The molecule has 2 heterocycles. The Bertz CT molecular complexity index is 1490. The Balaban J connectivity index is 1.42. The number of hydrogen-bond donors (Lipinski definition) is 1. The second-order valence-corrected chi connectivity index (χ2v) is 10.0. The third kappa shape index (κ3) is 4.44. The molecule has 8 heteroatoms. The lowest BCUT2D eigenvalue weighted by Crippen LogP contribution is -2.58. The number of amides is 2. The van der Waals surface area contributed by atoms with E-state index in [1.165, 1.54) is 11.8 Å². The number of benzene rings is 3.